The fraction of sp³-hybridized carbons (Fsp3) is 0.444. The van der Waals surface area contributed by atoms with Crippen molar-refractivity contribution >= 4 is 5.97 Å². The Morgan fingerprint density at radius 1 is 0.839 bits per heavy atom. The smallest absolute Gasteiger partial charge is 0.343 e. The van der Waals surface area contributed by atoms with Gasteiger partial charge in [-0.1, -0.05) is 45.8 Å². The van der Waals surface area contributed by atoms with Crippen LogP contribution in [0.2, 0.25) is 0 Å². The van der Waals surface area contributed by atoms with Gasteiger partial charge >= 0.3 is 5.97 Å². The van der Waals surface area contributed by atoms with Crippen molar-refractivity contribution in [1.29, 1.82) is 0 Å². The molecule has 0 N–H and O–H groups in total. The molecule has 0 heterocycles. The van der Waals surface area contributed by atoms with E-state index in [0.717, 1.165) is 43.6 Å². The van der Waals surface area contributed by atoms with Crippen LogP contribution < -0.4 is 14.2 Å². The molecule has 0 aliphatic rings. The monoisotopic (exact) mass is 424 g/mol. The molecular weight excluding hydrogens is 388 g/mol. The number of hydrogen-bond donors (Lipinski definition) is 0. The van der Waals surface area contributed by atoms with Gasteiger partial charge in [0.1, 0.15) is 17.2 Å². The van der Waals surface area contributed by atoms with Gasteiger partial charge in [0.15, 0.2) is 0 Å². The highest BCUT2D eigenvalue weighted by atomic mass is 16.5. The number of esters is 1. The lowest BCUT2D eigenvalue weighted by Gasteiger charge is -2.11. The molecule has 2 rings (SSSR count). The average molecular weight is 425 g/mol. The molecular formula is C27H36O4. The second-order valence-electron chi connectivity index (χ2n) is 7.81. The third-order valence-electron chi connectivity index (χ3n) is 5.01. The van der Waals surface area contributed by atoms with Gasteiger partial charge in [0, 0.05) is 0 Å². The number of rotatable bonds is 14. The maximum atomic E-state index is 12.4. The molecule has 4 nitrogen and oxygen atoms in total. The number of ether oxygens (including phenoxy) is 3. The van der Waals surface area contributed by atoms with Crippen molar-refractivity contribution in [3.63, 3.8) is 0 Å². The van der Waals surface area contributed by atoms with Crippen LogP contribution in [-0.4, -0.2) is 19.2 Å². The Hall–Kier alpha value is -2.75. The molecule has 4 heteroatoms. The van der Waals surface area contributed by atoms with E-state index < -0.39 is 5.97 Å². The number of carbonyl (C=O) groups excluding carboxylic acids is 1. The van der Waals surface area contributed by atoms with Crippen molar-refractivity contribution in [2.45, 2.75) is 59.3 Å². The van der Waals surface area contributed by atoms with Crippen LogP contribution in [0.15, 0.2) is 60.7 Å². The molecule has 2 aromatic rings. The second kappa shape index (κ2) is 14.3. The summed E-state index contributed by atoms with van der Waals surface area (Å²) < 4.78 is 16.9. The molecule has 168 valence electrons. The van der Waals surface area contributed by atoms with Crippen molar-refractivity contribution in [2.75, 3.05) is 13.2 Å². The van der Waals surface area contributed by atoms with Crippen LogP contribution in [-0.2, 0) is 0 Å². The van der Waals surface area contributed by atoms with Gasteiger partial charge in [-0.25, -0.2) is 4.79 Å². The number of unbranched alkanes of at least 4 members (excludes halogenated alkanes) is 3. The molecule has 0 aliphatic heterocycles. The lowest BCUT2D eigenvalue weighted by molar-refractivity contribution is 0.0734. The Labute approximate surface area is 187 Å². The fourth-order valence-corrected chi connectivity index (χ4v) is 2.77. The average Bonchev–Trinajstić information content (AvgIpc) is 2.80. The van der Waals surface area contributed by atoms with Crippen molar-refractivity contribution in [3.8, 4) is 17.2 Å². The summed E-state index contributed by atoms with van der Waals surface area (Å²) in [5.41, 5.74) is 0.491. The standard InChI is InChI=1S/C27H36O4/c1-4-6-7-8-9-10-11-20-29-24-14-12-23(13-15-24)27(28)31-26-18-16-25(17-19-26)30-21-22(3)5-2/h7-8,12-19,22H,4-6,9-11,20-21H2,1-3H3/b8-7-/t22-/m0/s1. The topological polar surface area (TPSA) is 44.8 Å². The SMILES string of the molecule is CCC/C=C\CCCCOc1ccc(C(=O)Oc2ccc(OC[C@@H](C)CC)cc2)cc1. The predicted octanol–water partition coefficient (Wildman–Crippen LogP) is 7.24. The second-order valence-corrected chi connectivity index (χ2v) is 7.81. The summed E-state index contributed by atoms with van der Waals surface area (Å²) in [4.78, 5) is 12.4. The molecule has 31 heavy (non-hydrogen) atoms. The molecule has 0 saturated carbocycles. The van der Waals surface area contributed by atoms with E-state index in [0.29, 0.717) is 30.4 Å². The maximum absolute atomic E-state index is 12.4. The zero-order valence-electron chi connectivity index (χ0n) is 19.1. The minimum atomic E-state index is -0.390. The molecule has 0 saturated heterocycles. The van der Waals surface area contributed by atoms with Crippen molar-refractivity contribution in [2.24, 2.45) is 5.92 Å². The number of hydrogen-bond acceptors (Lipinski definition) is 4. The molecule has 1 atom stereocenters. The van der Waals surface area contributed by atoms with Crippen molar-refractivity contribution < 1.29 is 19.0 Å². The first-order valence-electron chi connectivity index (χ1n) is 11.4. The van der Waals surface area contributed by atoms with E-state index >= 15 is 0 Å². The van der Waals surface area contributed by atoms with E-state index in [4.69, 9.17) is 14.2 Å². The normalized spacial score (nSPS) is 12.0. The summed E-state index contributed by atoms with van der Waals surface area (Å²) in [6, 6.07) is 14.2. The molecule has 0 aromatic heterocycles. The summed E-state index contributed by atoms with van der Waals surface area (Å²) in [7, 11) is 0. The zero-order valence-corrected chi connectivity index (χ0v) is 19.1. The van der Waals surface area contributed by atoms with Gasteiger partial charge in [0.2, 0.25) is 0 Å². The van der Waals surface area contributed by atoms with Crippen molar-refractivity contribution in [3.05, 3.63) is 66.2 Å². The number of benzene rings is 2. The molecule has 0 fully saturated rings. The minimum absolute atomic E-state index is 0.390. The Bertz CT molecular complexity index is 778. The van der Waals surface area contributed by atoms with Gasteiger partial charge in [-0.3, -0.25) is 0 Å². The highest BCUT2D eigenvalue weighted by Crippen LogP contribution is 2.20. The van der Waals surface area contributed by atoms with Gasteiger partial charge < -0.3 is 14.2 Å². The van der Waals surface area contributed by atoms with E-state index in [1.165, 1.54) is 6.42 Å². The summed E-state index contributed by atoms with van der Waals surface area (Å²) in [6.45, 7) is 7.84. The third kappa shape index (κ3) is 9.73. The summed E-state index contributed by atoms with van der Waals surface area (Å²) in [6.07, 6.45) is 11.2. The molecule has 0 spiro atoms. The van der Waals surface area contributed by atoms with Crippen LogP contribution in [0.3, 0.4) is 0 Å². The largest absolute Gasteiger partial charge is 0.494 e. The molecule has 0 unspecified atom stereocenters. The molecule has 0 aliphatic carbocycles. The minimum Gasteiger partial charge on any atom is -0.494 e. The van der Waals surface area contributed by atoms with Gasteiger partial charge in [-0.15, -0.1) is 0 Å². The van der Waals surface area contributed by atoms with Gasteiger partial charge in [-0.05, 0) is 80.1 Å². The summed E-state index contributed by atoms with van der Waals surface area (Å²) in [5, 5.41) is 0. The van der Waals surface area contributed by atoms with Crippen LogP contribution in [0, 0.1) is 5.92 Å². The van der Waals surface area contributed by atoms with Crippen LogP contribution in [0.5, 0.6) is 17.2 Å². The van der Waals surface area contributed by atoms with Crippen LogP contribution >= 0.6 is 0 Å². The number of allylic oxidation sites excluding steroid dienone is 2. The molecule has 0 radical (unpaired) electrons. The molecule has 0 bridgehead atoms. The molecule has 2 aromatic carbocycles. The molecule has 0 amide bonds. The summed E-state index contributed by atoms with van der Waals surface area (Å²) >= 11 is 0. The highest BCUT2D eigenvalue weighted by Gasteiger charge is 2.09. The first-order valence-corrected chi connectivity index (χ1v) is 11.4. The Morgan fingerprint density at radius 3 is 2.13 bits per heavy atom. The lowest BCUT2D eigenvalue weighted by atomic mass is 10.1. The Morgan fingerprint density at radius 2 is 1.45 bits per heavy atom. The van der Waals surface area contributed by atoms with Gasteiger partial charge in [-0.2, -0.15) is 0 Å². The Kier molecular flexibility index (Phi) is 11.3. The third-order valence-corrected chi connectivity index (χ3v) is 5.01. The predicted molar refractivity (Wildman–Crippen MR) is 126 cm³/mol. The fourth-order valence-electron chi connectivity index (χ4n) is 2.77. The summed E-state index contributed by atoms with van der Waals surface area (Å²) in [5.74, 6) is 2.16. The van der Waals surface area contributed by atoms with Gasteiger partial charge in [0.25, 0.3) is 0 Å². The van der Waals surface area contributed by atoms with E-state index in [1.54, 1.807) is 24.3 Å². The van der Waals surface area contributed by atoms with E-state index in [-0.39, 0.29) is 0 Å². The first-order chi connectivity index (χ1) is 15.1. The maximum Gasteiger partial charge on any atom is 0.343 e. The van der Waals surface area contributed by atoms with Crippen LogP contribution in [0.1, 0.15) is 69.7 Å². The van der Waals surface area contributed by atoms with Gasteiger partial charge in [0.05, 0.1) is 18.8 Å². The lowest BCUT2D eigenvalue weighted by Crippen LogP contribution is -2.09. The number of carbonyl (C=O) groups is 1. The zero-order chi connectivity index (χ0) is 22.3. The van der Waals surface area contributed by atoms with Crippen LogP contribution in [0.4, 0.5) is 0 Å². The van der Waals surface area contributed by atoms with E-state index in [1.807, 2.05) is 24.3 Å². The van der Waals surface area contributed by atoms with E-state index in [2.05, 4.69) is 32.9 Å². The van der Waals surface area contributed by atoms with E-state index in [9.17, 15) is 4.79 Å². The Balaban J connectivity index is 1.72. The first kappa shape index (κ1) is 24.5. The highest BCUT2D eigenvalue weighted by molar-refractivity contribution is 5.91. The van der Waals surface area contributed by atoms with Crippen molar-refractivity contribution in [1.82, 2.24) is 0 Å². The van der Waals surface area contributed by atoms with Crippen LogP contribution in [0.25, 0.3) is 0 Å². The quantitative estimate of drug-likeness (QED) is 0.139.